The SMILES string of the molecule is CCON=C(c1ccccc1)C1CC1. The first-order valence-corrected chi connectivity index (χ1v) is 5.17. The van der Waals surface area contributed by atoms with Crippen LogP contribution in [0.3, 0.4) is 0 Å². The summed E-state index contributed by atoms with van der Waals surface area (Å²) in [7, 11) is 0. The van der Waals surface area contributed by atoms with Crippen LogP contribution in [-0.2, 0) is 4.84 Å². The number of oxime groups is 1. The Morgan fingerprint density at radius 3 is 2.64 bits per heavy atom. The first kappa shape index (κ1) is 9.25. The molecule has 0 aliphatic heterocycles. The fourth-order valence-electron chi connectivity index (χ4n) is 1.46. The van der Waals surface area contributed by atoms with Gasteiger partial charge in [0.25, 0.3) is 0 Å². The molecule has 0 heterocycles. The number of nitrogens with zero attached hydrogens (tertiary/aromatic N) is 1. The summed E-state index contributed by atoms with van der Waals surface area (Å²) in [6.45, 7) is 2.60. The topological polar surface area (TPSA) is 21.6 Å². The van der Waals surface area contributed by atoms with E-state index in [9.17, 15) is 0 Å². The summed E-state index contributed by atoms with van der Waals surface area (Å²) in [6, 6.07) is 10.3. The van der Waals surface area contributed by atoms with Crippen molar-refractivity contribution in [2.24, 2.45) is 11.1 Å². The van der Waals surface area contributed by atoms with Gasteiger partial charge in [-0.15, -0.1) is 0 Å². The molecule has 0 bridgehead atoms. The highest BCUT2D eigenvalue weighted by Gasteiger charge is 2.29. The Labute approximate surface area is 84.6 Å². The van der Waals surface area contributed by atoms with Crippen LogP contribution in [0.1, 0.15) is 25.3 Å². The van der Waals surface area contributed by atoms with Gasteiger partial charge < -0.3 is 4.84 Å². The quantitative estimate of drug-likeness (QED) is 0.527. The van der Waals surface area contributed by atoms with Crippen LogP contribution in [0.4, 0.5) is 0 Å². The highest BCUT2D eigenvalue weighted by atomic mass is 16.6. The molecular weight excluding hydrogens is 174 g/mol. The lowest BCUT2D eigenvalue weighted by atomic mass is 10.1. The summed E-state index contributed by atoms with van der Waals surface area (Å²) in [6.07, 6.45) is 2.50. The van der Waals surface area contributed by atoms with Crippen LogP contribution in [-0.4, -0.2) is 12.3 Å². The summed E-state index contributed by atoms with van der Waals surface area (Å²) in [5, 5.41) is 4.19. The molecule has 0 spiro atoms. The van der Waals surface area contributed by atoms with Gasteiger partial charge >= 0.3 is 0 Å². The summed E-state index contributed by atoms with van der Waals surface area (Å²) >= 11 is 0. The highest BCUT2D eigenvalue weighted by molar-refractivity contribution is 6.03. The predicted octanol–water partition coefficient (Wildman–Crippen LogP) is 2.84. The molecule has 2 rings (SSSR count). The summed E-state index contributed by atoms with van der Waals surface area (Å²) in [4.78, 5) is 5.14. The number of rotatable bonds is 4. The summed E-state index contributed by atoms with van der Waals surface area (Å²) in [5.74, 6) is 0.629. The number of hydrogen-bond donors (Lipinski definition) is 0. The van der Waals surface area contributed by atoms with Crippen molar-refractivity contribution < 1.29 is 4.84 Å². The first-order chi connectivity index (χ1) is 6.92. The van der Waals surface area contributed by atoms with Gasteiger partial charge in [-0.25, -0.2) is 0 Å². The maximum atomic E-state index is 5.14. The van der Waals surface area contributed by atoms with E-state index < -0.39 is 0 Å². The number of benzene rings is 1. The predicted molar refractivity (Wildman–Crippen MR) is 57.3 cm³/mol. The van der Waals surface area contributed by atoms with E-state index in [1.807, 2.05) is 25.1 Å². The lowest BCUT2D eigenvalue weighted by Crippen LogP contribution is -2.04. The van der Waals surface area contributed by atoms with E-state index in [1.54, 1.807) is 0 Å². The van der Waals surface area contributed by atoms with Crippen LogP contribution in [0, 0.1) is 5.92 Å². The van der Waals surface area contributed by atoms with Crippen LogP contribution in [0.25, 0.3) is 0 Å². The molecule has 1 fully saturated rings. The monoisotopic (exact) mass is 189 g/mol. The van der Waals surface area contributed by atoms with Crippen molar-refractivity contribution in [2.75, 3.05) is 6.61 Å². The normalized spacial score (nSPS) is 16.8. The molecule has 0 amide bonds. The maximum absolute atomic E-state index is 5.14. The third kappa shape index (κ3) is 2.13. The second-order valence-electron chi connectivity index (χ2n) is 3.53. The van der Waals surface area contributed by atoms with Crippen LogP contribution < -0.4 is 0 Å². The van der Waals surface area contributed by atoms with Crippen molar-refractivity contribution >= 4 is 5.71 Å². The van der Waals surface area contributed by atoms with Crippen LogP contribution >= 0.6 is 0 Å². The molecule has 1 aliphatic rings. The third-order valence-corrected chi connectivity index (χ3v) is 2.33. The number of hydrogen-bond acceptors (Lipinski definition) is 2. The first-order valence-electron chi connectivity index (χ1n) is 5.17. The highest BCUT2D eigenvalue weighted by Crippen LogP contribution is 2.33. The van der Waals surface area contributed by atoms with Crippen LogP contribution in [0.2, 0.25) is 0 Å². The zero-order valence-electron chi connectivity index (χ0n) is 8.44. The maximum Gasteiger partial charge on any atom is 0.114 e. The molecule has 0 saturated heterocycles. The minimum Gasteiger partial charge on any atom is -0.396 e. The van der Waals surface area contributed by atoms with Gasteiger partial charge in [-0.05, 0) is 25.3 Å². The molecule has 0 N–H and O–H groups in total. The van der Waals surface area contributed by atoms with Crippen molar-refractivity contribution in [2.45, 2.75) is 19.8 Å². The van der Waals surface area contributed by atoms with Gasteiger partial charge in [-0.1, -0.05) is 35.5 Å². The van der Waals surface area contributed by atoms with E-state index in [-0.39, 0.29) is 0 Å². The molecule has 0 aromatic heterocycles. The lowest BCUT2D eigenvalue weighted by molar-refractivity contribution is 0.158. The second-order valence-corrected chi connectivity index (χ2v) is 3.53. The summed E-state index contributed by atoms with van der Waals surface area (Å²) in [5.41, 5.74) is 2.32. The van der Waals surface area contributed by atoms with Gasteiger partial charge in [-0.3, -0.25) is 0 Å². The van der Waals surface area contributed by atoms with Crippen LogP contribution in [0.15, 0.2) is 35.5 Å². The average molecular weight is 189 g/mol. The van der Waals surface area contributed by atoms with Gasteiger partial charge in [0.15, 0.2) is 0 Å². The van der Waals surface area contributed by atoms with E-state index in [0.717, 1.165) is 5.71 Å². The fourth-order valence-corrected chi connectivity index (χ4v) is 1.46. The second kappa shape index (κ2) is 4.27. The van der Waals surface area contributed by atoms with Gasteiger partial charge in [0, 0.05) is 5.92 Å². The van der Waals surface area contributed by atoms with Gasteiger partial charge in [0.1, 0.15) is 6.61 Å². The Kier molecular flexibility index (Phi) is 2.82. The Morgan fingerprint density at radius 2 is 2.07 bits per heavy atom. The molecule has 1 aromatic rings. The van der Waals surface area contributed by atoms with Crippen molar-refractivity contribution in [3.63, 3.8) is 0 Å². The largest absolute Gasteiger partial charge is 0.396 e. The van der Waals surface area contributed by atoms with E-state index >= 15 is 0 Å². The minimum atomic E-state index is 0.629. The smallest absolute Gasteiger partial charge is 0.114 e. The van der Waals surface area contributed by atoms with Gasteiger partial charge in [0.2, 0.25) is 0 Å². The molecule has 74 valence electrons. The molecular formula is C12H15NO. The van der Waals surface area contributed by atoms with E-state index in [4.69, 9.17) is 4.84 Å². The third-order valence-electron chi connectivity index (χ3n) is 2.33. The Bertz CT molecular complexity index is 314. The molecule has 1 saturated carbocycles. The minimum absolute atomic E-state index is 0.629. The Morgan fingerprint density at radius 1 is 1.36 bits per heavy atom. The zero-order chi connectivity index (χ0) is 9.80. The van der Waals surface area contributed by atoms with Gasteiger partial charge in [0.05, 0.1) is 5.71 Å². The molecule has 1 aliphatic carbocycles. The van der Waals surface area contributed by atoms with Crippen molar-refractivity contribution in [1.29, 1.82) is 0 Å². The summed E-state index contributed by atoms with van der Waals surface area (Å²) < 4.78 is 0. The molecule has 0 unspecified atom stereocenters. The lowest BCUT2D eigenvalue weighted by Gasteiger charge is -2.03. The standard InChI is InChI=1S/C12H15NO/c1-2-14-13-12(11-8-9-11)10-6-4-3-5-7-10/h3-7,11H,2,8-9H2,1H3. The molecule has 14 heavy (non-hydrogen) atoms. The average Bonchev–Trinajstić information content (AvgIpc) is 3.04. The zero-order valence-corrected chi connectivity index (χ0v) is 8.44. The van der Waals surface area contributed by atoms with Gasteiger partial charge in [-0.2, -0.15) is 0 Å². The molecule has 2 nitrogen and oxygen atoms in total. The van der Waals surface area contributed by atoms with Crippen LogP contribution in [0.5, 0.6) is 0 Å². The van der Waals surface area contributed by atoms with Crippen molar-refractivity contribution in [3.8, 4) is 0 Å². The van der Waals surface area contributed by atoms with E-state index in [0.29, 0.717) is 12.5 Å². The molecule has 0 radical (unpaired) electrons. The Balaban J connectivity index is 2.18. The van der Waals surface area contributed by atoms with Crippen molar-refractivity contribution in [1.82, 2.24) is 0 Å². The Hall–Kier alpha value is -1.31. The fraction of sp³-hybridized carbons (Fsp3) is 0.417. The van der Waals surface area contributed by atoms with Crippen molar-refractivity contribution in [3.05, 3.63) is 35.9 Å². The molecule has 0 atom stereocenters. The van der Waals surface area contributed by atoms with E-state index in [2.05, 4.69) is 17.3 Å². The molecule has 1 aromatic carbocycles. The molecule has 2 heteroatoms. The van der Waals surface area contributed by atoms with E-state index in [1.165, 1.54) is 18.4 Å².